The maximum Gasteiger partial charge on any atom is 0.223 e. The predicted molar refractivity (Wildman–Crippen MR) is 63.5 cm³/mol. The van der Waals surface area contributed by atoms with Gasteiger partial charge in [0.25, 0.3) is 0 Å². The van der Waals surface area contributed by atoms with Crippen LogP contribution in [0.2, 0.25) is 0 Å². The van der Waals surface area contributed by atoms with E-state index in [1.165, 1.54) is 12.8 Å². The van der Waals surface area contributed by atoms with Crippen molar-refractivity contribution in [1.82, 2.24) is 5.32 Å². The highest BCUT2D eigenvalue weighted by molar-refractivity contribution is 5.79. The van der Waals surface area contributed by atoms with Crippen LogP contribution in [0.5, 0.6) is 0 Å². The van der Waals surface area contributed by atoms with Crippen molar-refractivity contribution in [2.45, 2.75) is 47.0 Å². The van der Waals surface area contributed by atoms with E-state index in [1.807, 2.05) is 6.92 Å². The fourth-order valence-electron chi connectivity index (χ4n) is 2.81. The highest BCUT2D eigenvalue weighted by Gasteiger charge is 2.34. The molecule has 0 heterocycles. The molecule has 1 rings (SSSR count). The molecule has 0 spiro atoms. The van der Waals surface area contributed by atoms with Gasteiger partial charge >= 0.3 is 0 Å². The Morgan fingerprint density at radius 2 is 2.07 bits per heavy atom. The molecule has 0 radical (unpaired) electrons. The highest BCUT2D eigenvalue weighted by atomic mass is 16.1. The second kappa shape index (κ2) is 5.53. The zero-order chi connectivity index (χ0) is 11.4. The fourth-order valence-corrected chi connectivity index (χ4v) is 2.81. The van der Waals surface area contributed by atoms with Gasteiger partial charge in [0.1, 0.15) is 0 Å². The fraction of sp³-hybridized carbons (Fsp3) is 0.923. The van der Waals surface area contributed by atoms with Gasteiger partial charge in [-0.2, -0.15) is 0 Å². The molecule has 2 nitrogen and oxygen atoms in total. The van der Waals surface area contributed by atoms with E-state index < -0.39 is 0 Å². The predicted octanol–water partition coefficient (Wildman–Crippen LogP) is 2.83. The summed E-state index contributed by atoms with van der Waals surface area (Å²) in [6, 6.07) is 0. The van der Waals surface area contributed by atoms with E-state index in [-0.39, 0.29) is 11.8 Å². The number of hydrogen-bond acceptors (Lipinski definition) is 1. The minimum atomic E-state index is 0.258. The number of rotatable bonds is 3. The van der Waals surface area contributed by atoms with Gasteiger partial charge in [-0.15, -0.1) is 0 Å². The van der Waals surface area contributed by atoms with Gasteiger partial charge < -0.3 is 5.32 Å². The molecule has 1 saturated carbocycles. The molecule has 1 amide bonds. The number of amides is 1. The van der Waals surface area contributed by atoms with Crippen LogP contribution in [-0.4, -0.2) is 12.5 Å². The van der Waals surface area contributed by atoms with Gasteiger partial charge in [-0.1, -0.05) is 27.2 Å². The van der Waals surface area contributed by atoms with Crippen LogP contribution < -0.4 is 5.32 Å². The summed E-state index contributed by atoms with van der Waals surface area (Å²) in [7, 11) is 0. The first-order valence-electron chi connectivity index (χ1n) is 6.34. The van der Waals surface area contributed by atoms with Gasteiger partial charge in [0, 0.05) is 12.5 Å². The summed E-state index contributed by atoms with van der Waals surface area (Å²) in [6.45, 7) is 9.51. The molecule has 3 atom stereocenters. The molecule has 0 aromatic heterocycles. The SMILES string of the molecule is CCNC(=O)[C@H]1C[C@H](C)CC[C@@H]1C(C)C. The number of hydrogen-bond donors (Lipinski definition) is 1. The highest BCUT2D eigenvalue weighted by Crippen LogP contribution is 2.37. The minimum Gasteiger partial charge on any atom is -0.356 e. The lowest BCUT2D eigenvalue weighted by Gasteiger charge is -2.36. The molecule has 0 aliphatic heterocycles. The Morgan fingerprint density at radius 3 is 2.60 bits per heavy atom. The van der Waals surface area contributed by atoms with Gasteiger partial charge in [0.05, 0.1) is 0 Å². The zero-order valence-corrected chi connectivity index (χ0v) is 10.5. The van der Waals surface area contributed by atoms with Gasteiger partial charge in [-0.05, 0) is 37.5 Å². The van der Waals surface area contributed by atoms with Gasteiger partial charge in [-0.3, -0.25) is 4.79 Å². The summed E-state index contributed by atoms with van der Waals surface area (Å²) in [5.41, 5.74) is 0. The lowest BCUT2D eigenvalue weighted by molar-refractivity contribution is -0.129. The summed E-state index contributed by atoms with van der Waals surface area (Å²) < 4.78 is 0. The molecule has 0 unspecified atom stereocenters. The van der Waals surface area contributed by atoms with Crippen LogP contribution >= 0.6 is 0 Å². The van der Waals surface area contributed by atoms with E-state index in [9.17, 15) is 4.79 Å². The monoisotopic (exact) mass is 211 g/mol. The molecule has 2 heteroatoms. The van der Waals surface area contributed by atoms with Crippen molar-refractivity contribution in [1.29, 1.82) is 0 Å². The normalized spacial score (nSPS) is 31.7. The van der Waals surface area contributed by atoms with Crippen LogP contribution in [0.4, 0.5) is 0 Å². The maximum atomic E-state index is 11.9. The van der Waals surface area contributed by atoms with Crippen molar-refractivity contribution in [3.05, 3.63) is 0 Å². The Labute approximate surface area is 93.8 Å². The molecule has 88 valence electrons. The Morgan fingerprint density at radius 1 is 1.40 bits per heavy atom. The molecular formula is C13H25NO. The average molecular weight is 211 g/mol. The topological polar surface area (TPSA) is 29.1 Å². The smallest absolute Gasteiger partial charge is 0.223 e. The van der Waals surface area contributed by atoms with Crippen molar-refractivity contribution in [3.8, 4) is 0 Å². The van der Waals surface area contributed by atoms with Gasteiger partial charge in [0.15, 0.2) is 0 Å². The molecule has 0 aromatic rings. The van der Waals surface area contributed by atoms with Crippen LogP contribution in [-0.2, 0) is 4.79 Å². The van der Waals surface area contributed by atoms with Crippen molar-refractivity contribution in [3.63, 3.8) is 0 Å². The second-order valence-electron chi connectivity index (χ2n) is 5.33. The molecule has 0 aromatic carbocycles. The van der Waals surface area contributed by atoms with Gasteiger partial charge in [-0.25, -0.2) is 0 Å². The number of carbonyl (C=O) groups is 1. The third-order valence-electron chi connectivity index (χ3n) is 3.71. The van der Waals surface area contributed by atoms with Crippen LogP contribution in [0.25, 0.3) is 0 Å². The van der Waals surface area contributed by atoms with Crippen LogP contribution in [0, 0.1) is 23.7 Å². The van der Waals surface area contributed by atoms with Crippen molar-refractivity contribution in [2.75, 3.05) is 6.54 Å². The van der Waals surface area contributed by atoms with E-state index in [4.69, 9.17) is 0 Å². The molecule has 1 aliphatic rings. The third kappa shape index (κ3) is 3.22. The average Bonchev–Trinajstić information content (AvgIpc) is 2.17. The molecule has 15 heavy (non-hydrogen) atoms. The van der Waals surface area contributed by atoms with Crippen LogP contribution in [0.1, 0.15) is 47.0 Å². The quantitative estimate of drug-likeness (QED) is 0.764. The second-order valence-corrected chi connectivity index (χ2v) is 5.33. The molecule has 1 N–H and O–H groups in total. The first-order valence-corrected chi connectivity index (χ1v) is 6.34. The van der Waals surface area contributed by atoms with Gasteiger partial charge in [0.2, 0.25) is 5.91 Å². The molecule has 1 fully saturated rings. The summed E-state index contributed by atoms with van der Waals surface area (Å²) in [6.07, 6.45) is 3.59. The molecule has 0 saturated heterocycles. The first kappa shape index (κ1) is 12.5. The van der Waals surface area contributed by atoms with Crippen LogP contribution in [0.15, 0.2) is 0 Å². The maximum absolute atomic E-state index is 11.9. The zero-order valence-electron chi connectivity index (χ0n) is 10.5. The largest absolute Gasteiger partial charge is 0.356 e. The standard InChI is InChI=1S/C13H25NO/c1-5-14-13(15)12-8-10(4)6-7-11(12)9(2)3/h9-12H,5-8H2,1-4H3,(H,14,15)/t10-,11-,12+/m1/s1. The lowest BCUT2D eigenvalue weighted by Crippen LogP contribution is -2.40. The Hall–Kier alpha value is -0.530. The minimum absolute atomic E-state index is 0.258. The summed E-state index contributed by atoms with van der Waals surface area (Å²) in [5.74, 6) is 2.47. The first-order chi connectivity index (χ1) is 7.06. The number of carbonyl (C=O) groups excluding carboxylic acids is 1. The number of nitrogens with one attached hydrogen (secondary N) is 1. The van der Waals surface area contributed by atoms with Crippen molar-refractivity contribution >= 4 is 5.91 Å². The Balaban J connectivity index is 2.65. The van der Waals surface area contributed by atoms with E-state index >= 15 is 0 Å². The van der Waals surface area contributed by atoms with E-state index in [1.54, 1.807) is 0 Å². The summed E-state index contributed by atoms with van der Waals surface area (Å²) in [4.78, 5) is 11.9. The van der Waals surface area contributed by atoms with Crippen molar-refractivity contribution < 1.29 is 4.79 Å². The van der Waals surface area contributed by atoms with E-state index in [2.05, 4.69) is 26.1 Å². The third-order valence-corrected chi connectivity index (χ3v) is 3.71. The Bertz CT molecular complexity index is 213. The Kier molecular flexibility index (Phi) is 4.62. The van der Waals surface area contributed by atoms with Crippen molar-refractivity contribution in [2.24, 2.45) is 23.7 Å². The molecule has 1 aliphatic carbocycles. The van der Waals surface area contributed by atoms with Crippen LogP contribution in [0.3, 0.4) is 0 Å². The summed E-state index contributed by atoms with van der Waals surface area (Å²) >= 11 is 0. The summed E-state index contributed by atoms with van der Waals surface area (Å²) in [5, 5.41) is 2.98. The lowest BCUT2D eigenvalue weighted by atomic mass is 9.70. The molecular weight excluding hydrogens is 186 g/mol. The van der Waals surface area contributed by atoms with E-state index in [0.717, 1.165) is 13.0 Å². The molecule has 0 bridgehead atoms. The van der Waals surface area contributed by atoms with E-state index in [0.29, 0.717) is 17.8 Å².